The molecule has 1 spiro atoms. The average Bonchev–Trinajstić information content (AvgIpc) is 3.59. The van der Waals surface area contributed by atoms with Gasteiger partial charge in [0.15, 0.2) is 5.60 Å². The number of anilines is 2. The van der Waals surface area contributed by atoms with Crippen molar-refractivity contribution in [3.63, 3.8) is 0 Å². The molecule has 4 aliphatic heterocycles. The van der Waals surface area contributed by atoms with E-state index in [1.165, 1.54) is 13.8 Å². The molecule has 0 unspecified atom stereocenters. The number of para-hydroxylation sites is 1. The normalized spacial score (nSPS) is 29.4. The van der Waals surface area contributed by atoms with Gasteiger partial charge in [-0.05, 0) is 50.5 Å². The molecule has 2 aromatic carbocycles. The van der Waals surface area contributed by atoms with E-state index in [2.05, 4.69) is 0 Å². The Morgan fingerprint density at radius 1 is 1.15 bits per heavy atom. The number of halogens is 1. The van der Waals surface area contributed by atoms with Crippen LogP contribution in [0.15, 0.2) is 48.5 Å². The van der Waals surface area contributed by atoms with Gasteiger partial charge in [0.25, 0.3) is 5.91 Å². The minimum absolute atomic E-state index is 0.0536. The SMILES string of the molecule is C[C@H]1[C@H](C(C)(C)F)[C@@H](CC(=O)N2CCC[C@H]2CO)O[C@]12C(=O)N(Cc1cccc(N3CCC3=O)c1)c1ccccc12. The van der Waals surface area contributed by atoms with Crippen LogP contribution in [0.1, 0.15) is 57.6 Å². The molecule has 3 fully saturated rings. The Balaban J connectivity index is 1.33. The van der Waals surface area contributed by atoms with Crippen molar-refractivity contribution < 1.29 is 28.6 Å². The van der Waals surface area contributed by atoms with Crippen molar-refractivity contribution in [2.45, 2.75) is 76.4 Å². The van der Waals surface area contributed by atoms with Crippen molar-refractivity contribution >= 4 is 29.1 Å². The third-order valence-electron chi connectivity index (χ3n) is 9.57. The molecule has 0 aromatic heterocycles. The minimum Gasteiger partial charge on any atom is -0.394 e. The number of aliphatic hydroxyl groups is 1. The molecular weight excluding hydrogens is 525 g/mol. The third kappa shape index (κ3) is 4.45. The van der Waals surface area contributed by atoms with Crippen LogP contribution in [0.25, 0.3) is 0 Å². The molecule has 1 N–H and O–H groups in total. The van der Waals surface area contributed by atoms with Crippen LogP contribution in [0, 0.1) is 11.8 Å². The third-order valence-corrected chi connectivity index (χ3v) is 9.57. The van der Waals surface area contributed by atoms with Crippen molar-refractivity contribution in [3.8, 4) is 0 Å². The number of rotatable bonds is 7. The summed E-state index contributed by atoms with van der Waals surface area (Å²) in [6, 6.07) is 14.9. The number of ether oxygens (including phenoxy) is 1. The fourth-order valence-electron chi connectivity index (χ4n) is 7.59. The van der Waals surface area contributed by atoms with Gasteiger partial charge in [-0.15, -0.1) is 0 Å². The molecule has 6 rings (SSSR count). The van der Waals surface area contributed by atoms with Gasteiger partial charge in [0, 0.05) is 42.6 Å². The van der Waals surface area contributed by atoms with Crippen molar-refractivity contribution in [1.82, 2.24) is 4.90 Å². The molecule has 2 aromatic rings. The first kappa shape index (κ1) is 27.8. The highest BCUT2D eigenvalue weighted by atomic mass is 19.1. The number of benzene rings is 2. The Morgan fingerprint density at radius 3 is 2.61 bits per heavy atom. The van der Waals surface area contributed by atoms with E-state index >= 15 is 4.39 Å². The lowest BCUT2D eigenvalue weighted by atomic mass is 9.71. The number of carbonyl (C=O) groups excluding carboxylic acids is 3. The highest BCUT2D eigenvalue weighted by Crippen LogP contribution is 2.58. The maximum atomic E-state index is 15.9. The van der Waals surface area contributed by atoms with E-state index in [0.717, 1.165) is 24.1 Å². The smallest absolute Gasteiger partial charge is 0.264 e. The first-order chi connectivity index (χ1) is 19.6. The molecule has 218 valence electrons. The molecule has 0 radical (unpaired) electrons. The maximum Gasteiger partial charge on any atom is 0.264 e. The number of β-lactam (4-membered cyclic amide) rings is 1. The minimum atomic E-state index is -1.71. The van der Waals surface area contributed by atoms with Gasteiger partial charge in [0.1, 0.15) is 5.67 Å². The van der Waals surface area contributed by atoms with E-state index in [4.69, 9.17) is 4.74 Å². The topological polar surface area (TPSA) is 90.4 Å². The van der Waals surface area contributed by atoms with Crippen LogP contribution in [0.4, 0.5) is 15.8 Å². The number of nitrogens with zero attached hydrogens (tertiary/aromatic N) is 3. The molecule has 0 aliphatic carbocycles. The Labute approximate surface area is 240 Å². The zero-order valence-corrected chi connectivity index (χ0v) is 23.9. The Bertz CT molecular complexity index is 1380. The number of hydrogen-bond donors (Lipinski definition) is 1. The Morgan fingerprint density at radius 2 is 1.93 bits per heavy atom. The van der Waals surface area contributed by atoms with Gasteiger partial charge >= 0.3 is 0 Å². The molecule has 8 nitrogen and oxygen atoms in total. The van der Waals surface area contributed by atoms with Crippen molar-refractivity contribution in [2.75, 3.05) is 29.5 Å². The van der Waals surface area contributed by atoms with E-state index in [0.29, 0.717) is 30.8 Å². The van der Waals surface area contributed by atoms with Gasteiger partial charge in [-0.2, -0.15) is 0 Å². The van der Waals surface area contributed by atoms with Crippen LogP contribution in [0.2, 0.25) is 0 Å². The predicted molar refractivity (Wildman–Crippen MR) is 152 cm³/mol. The van der Waals surface area contributed by atoms with Crippen molar-refractivity contribution in [1.29, 1.82) is 0 Å². The summed E-state index contributed by atoms with van der Waals surface area (Å²) in [6.07, 6.45) is 1.22. The quantitative estimate of drug-likeness (QED) is 0.516. The van der Waals surface area contributed by atoms with Crippen molar-refractivity contribution in [3.05, 3.63) is 59.7 Å². The number of carbonyl (C=O) groups is 3. The predicted octanol–water partition coefficient (Wildman–Crippen LogP) is 3.94. The van der Waals surface area contributed by atoms with Crippen LogP contribution in [0.5, 0.6) is 0 Å². The summed E-state index contributed by atoms with van der Waals surface area (Å²) in [5.41, 5.74) is -0.0777. The molecular formula is C32H38FN3O5. The lowest BCUT2D eigenvalue weighted by Crippen LogP contribution is -2.45. The van der Waals surface area contributed by atoms with E-state index in [1.54, 1.807) is 14.7 Å². The molecule has 41 heavy (non-hydrogen) atoms. The second-order valence-electron chi connectivity index (χ2n) is 12.4. The van der Waals surface area contributed by atoms with Gasteiger partial charge in [0.05, 0.1) is 37.4 Å². The first-order valence-corrected chi connectivity index (χ1v) is 14.6. The van der Waals surface area contributed by atoms with E-state index in [-0.39, 0.29) is 43.3 Å². The van der Waals surface area contributed by atoms with E-state index < -0.39 is 29.2 Å². The fourth-order valence-corrected chi connectivity index (χ4v) is 7.59. The first-order valence-electron chi connectivity index (χ1n) is 14.6. The highest BCUT2D eigenvalue weighted by Gasteiger charge is 2.66. The van der Waals surface area contributed by atoms with Crippen LogP contribution < -0.4 is 9.80 Å². The molecule has 3 saturated heterocycles. The number of hydrogen-bond acceptors (Lipinski definition) is 5. The number of alkyl halides is 1. The summed E-state index contributed by atoms with van der Waals surface area (Å²) in [6.45, 7) is 6.24. The highest BCUT2D eigenvalue weighted by molar-refractivity contribution is 6.07. The van der Waals surface area contributed by atoms with Gasteiger partial charge in [-0.25, -0.2) is 4.39 Å². The number of amides is 3. The zero-order chi connectivity index (χ0) is 29.1. The monoisotopic (exact) mass is 563 g/mol. The van der Waals surface area contributed by atoms with Gasteiger partial charge < -0.3 is 24.5 Å². The molecule has 3 amide bonds. The van der Waals surface area contributed by atoms with Gasteiger partial charge in [-0.1, -0.05) is 37.3 Å². The largest absolute Gasteiger partial charge is 0.394 e. The van der Waals surface area contributed by atoms with Crippen LogP contribution in [-0.4, -0.2) is 65.2 Å². The van der Waals surface area contributed by atoms with E-state index in [9.17, 15) is 19.5 Å². The Kier molecular flexibility index (Phi) is 6.93. The second-order valence-corrected chi connectivity index (χ2v) is 12.4. The standard InChI is InChI=1S/C32H38FN3O5/c1-20-29(31(2,3)33)26(17-28(39)34-14-7-10-23(34)19-37)41-32(20)24-11-4-5-12-25(24)36(30(32)40)18-21-8-6-9-22(16-21)35-15-13-27(35)38/h4-6,8-9,11-12,16,20,23,26,29,37H,7,10,13-15,17-19H2,1-3H3/t20-,23-,26+,29-,32+/m0/s1. The number of fused-ring (bicyclic) bond motifs is 2. The molecule has 9 heteroatoms. The van der Waals surface area contributed by atoms with E-state index in [1.807, 2.05) is 55.5 Å². The summed E-state index contributed by atoms with van der Waals surface area (Å²) in [7, 11) is 0. The lowest BCUT2D eigenvalue weighted by molar-refractivity contribution is -0.150. The summed E-state index contributed by atoms with van der Waals surface area (Å²) in [5.74, 6) is -1.62. The summed E-state index contributed by atoms with van der Waals surface area (Å²) < 4.78 is 22.6. The molecule has 4 heterocycles. The van der Waals surface area contributed by atoms with Gasteiger partial charge in [0.2, 0.25) is 11.8 Å². The zero-order valence-electron chi connectivity index (χ0n) is 23.9. The molecule has 5 atom stereocenters. The van der Waals surface area contributed by atoms with Gasteiger partial charge in [-0.3, -0.25) is 14.4 Å². The van der Waals surface area contributed by atoms with Crippen LogP contribution >= 0.6 is 0 Å². The second kappa shape index (κ2) is 10.2. The van der Waals surface area contributed by atoms with Crippen LogP contribution in [0.3, 0.4) is 0 Å². The summed E-state index contributed by atoms with van der Waals surface area (Å²) in [4.78, 5) is 45.0. The van der Waals surface area contributed by atoms with Crippen molar-refractivity contribution in [2.24, 2.45) is 11.8 Å². The number of likely N-dealkylation sites (tertiary alicyclic amines) is 1. The average molecular weight is 564 g/mol. The molecule has 0 bridgehead atoms. The summed E-state index contributed by atoms with van der Waals surface area (Å²) >= 11 is 0. The van der Waals surface area contributed by atoms with Crippen LogP contribution in [-0.2, 0) is 31.3 Å². The molecule has 4 aliphatic rings. The fraction of sp³-hybridized carbons (Fsp3) is 0.531. The molecule has 0 saturated carbocycles. The summed E-state index contributed by atoms with van der Waals surface area (Å²) in [5, 5.41) is 9.75. The lowest BCUT2D eigenvalue weighted by Gasteiger charge is -2.33. The maximum absolute atomic E-state index is 15.9. The Hall–Kier alpha value is -3.30. The number of aliphatic hydroxyl groups excluding tert-OH is 1.